The van der Waals surface area contributed by atoms with E-state index in [9.17, 15) is 4.79 Å². The van der Waals surface area contributed by atoms with E-state index >= 15 is 0 Å². The first-order valence-electron chi connectivity index (χ1n) is 7.57. The Morgan fingerprint density at radius 3 is 2.85 bits per heavy atom. The van der Waals surface area contributed by atoms with E-state index < -0.39 is 0 Å². The normalized spacial score (nSPS) is 21.9. The van der Waals surface area contributed by atoms with Crippen molar-refractivity contribution in [2.45, 2.75) is 52.6 Å². The number of piperidine rings is 1. The Kier molecular flexibility index (Phi) is 4.81. The SMILES string of the molecule is CC(C)n1nccc1NC(=O)[C@@H](C)N1CCC[C@H](C)C1. The van der Waals surface area contributed by atoms with Crippen LogP contribution in [0.5, 0.6) is 0 Å². The number of aromatic nitrogens is 2. The summed E-state index contributed by atoms with van der Waals surface area (Å²) >= 11 is 0. The molecule has 1 N–H and O–H groups in total. The van der Waals surface area contributed by atoms with Crippen molar-refractivity contribution < 1.29 is 4.79 Å². The van der Waals surface area contributed by atoms with Crippen molar-refractivity contribution in [1.82, 2.24) is 14.7 Å². The van der Waals surface area contributed by atoms with E-state index in [1.54, 1.807) is 6.20 Å². The molecule has 5 nitrogen and oxygen atoms in total. The third-order valence-electron chi connectivity index (χ3n) is 4.03. The van der Waals surface area contributed by atoms with Gasteiger partial charge < -0.3 is 5.32 Å². The summed E-state index contributed by atoms with van der Waals surface area (Å²) in [7, 11) is 0. The van der Waals surface area contributed by atoms with Gasteiger partial charge in [0.05, 0.1) is 12.2 Å². The quantitative estimate of drug-likeness (QED) is 0.920. The molecule has 0 unspecified atom stereocenters. The molecule has 2 rings (SSSR count). The Labute approximate surface area is 121 Å². The smallest absolute Gasteiger partial charge is 0.242 e. The van der Waals surface area contributed by atoms with E-state index in [0.717, 1.165) is 18.9 Å². The molecular formula is C15H26N4O. The lowest BCUT2D eigenvalue weighted by molar-refractivity contribution is -0.121. The molecule has 2 heterocycles. The van der Waals surface area contributed by atoms with Gasteiger partial charge in [-0.3, -0.25) is 9.69 Å². The van der Waals surface area contributed by atoms with Crippen LogP contribution >= 0.6 is 0 Å². The molecule has 0 spiro atoms. The number of carbonyl (C=O) groups excluding carboxylic acids is 1. The van der Waals surface area contributed by atoms with Crippen LogP contribution < -0.4 is 5.32 Å². The van der Waals surface area contributed by atoms with E-state index in [1.165, 1.54) is 12.8 Å². The fraction of sp³-hybridized carbons (Fsp3) is 0.733. The molecule has 1 saturated heterocycles. The molecule has 1 aromatic rings. The van der Waals surface area contributed by atoms with Crippen LogP contribution in [0.3, 0.4) is 0 Å². The minimum Gasteiger partial charge on any atom is -0.310 e. The summed E-state index contributed by atoms with van der Waals surface area (Å²) in [5, 5.41) is 7.24. The van der Waals surface area contributed by atoms with Crippen LogP contribution in [0.2, 0.25) is 0 Å². The highest BCUT2D eigenvalue weighted by Crippen LogP contribution is 2.19. The summed E-state index contributed by atoms with van der Waals surface area (Å²) in [5.74, 6) is 1.52. The maximum atomic E-state index is 12.4. The number of likely N-dealkylation sites (tertiary alicyclic amines) is 1. The molecular weight excluding hydrogens is 252 g/mol. The number of hydrogen-bond acceptors (Lipinski definition) is 3. The molecule has 2 atom stereocenters. The Morgan fingerprint density at radius 2 is 2.20 bits per heavy atom. The Balaban J connectivity index is 1.98. The second-order valence-electron chi connectivity index (χ2n) is 6.16. The standard InChI is InChI=1S/C15H26N4O/c1-11(2)19-14(7-8-16-19)17-15(20)13(4)18-9-5-6-12(3)10-18/h7-8,11-13H,5-6,9-10H2,1-4H3,(H,17,20)/t12-,13+/m0/s1. The van der Waals surface area contributed by atoms with E-state index in [2.05, 4.69) is 36.1 Å². The summed E-state index contributed by atoms with van der Waals surface area (Å²) in [5.41, 5.74) is 0. The fourth-order valence-electron chi connectivity index (χ4n) is 2.80. The highest BCUT2D eigenvalue weighted by molar-refractivity contribution is 5.93. The lowest BCUT2D eigenvalue weighted by Crippen LogP contribution is -2.46. The first-order valence-corrected chi connectivity index (χ1v) is 7.57. The Hall–Kier alpha value is -1.36. The maximum absolute atomic E-state index is 12.4. The average Bonchev–Trinajstić information content (AvgIpc) is 2.86. The van der Waals surface area contributed by atoms with Crippen molar-refractivity contribution in [3.63, 3.8) is 0 Å². The zero-order valence-electron chi connectivity index (χ0n) is 13.0. The fourth-order valence-corrected chi connectivity index (χ4v) is 2.80. The van der Waals surface area contributed by atoms with Crippen LogP contribution in [0.25, 0.3) is 0 Å². The number of nitrogens with one attached hydrogen (secondary N) is 1. The molecule has 0 aliphatic carbocycles. The van der Waals surface area contributed by atoms with Gasteiger partial charge in [0.1, 0.15) is 5.82 Å². The monoisotopic (exact) mass is 278 g/mol. The van der Waals surface area contributed by atoms with Crippen molar-refractivity contribution in [2.75, 3.05) is 18.4 Å². The predicted octanol–water partition coefficient (Wildman–Crippen LogP) is 2.52. The van der Waals surface area contributed by atoms with E-state index in [4.69, 9.17) is 0 Å². The third kappa shape index (κ3) is 3.39. The van der Waals surface area contributed by atoms with E-state index in [-0.39, 0.29) is 18.0 Å². The summed E-state index contributed by atoms with van der Waals surface area (Å²) < 4.78 is 1.84. The van der Waals surface area contributed by atoms with Gasteiger partial charge >= 0.3 is 0 Å². The van der Waals surface area contributed by atoms with Gasteiger partial charge in [0.2, 0.25) is 5.91 Å². The van der Waals surface area contributed by atoms with Gasteiger partial charge in [-0.15, -0.1) is 0 Å². The largest absolute Gasteiger partial charge is 0.310 e. The van der Waals surface area contributed by atoms with Crippen LogP contribution in [0, 0.1) is 5.92 Å². The van der Waals surface area contributed by atoms with Crippen molar-refractivity contribution in [3.05, 3.63) is 12.3 Å². The van der Waals surface area contributed by atoms with Crippen molar-refractivity contribution in [2.24, 2.45) is 5.92 Å². The number of anilines is 1. The topological polar surface area (TPSA) is 50.2 Å². The number of amides is 1. The summed E-state index contributed by atoms with van der Waals surface area (Å²) in [6.07, 6.45) is 4.18. The average molecular weight is 278 g/mol. The molecule has 0 saturated carbocycles. The minimum absolute atomic E-state index is 0.0569. The molecule has 1 aliphatic rings. The van der Waals surface area contributed by atoms with Gasteiger partial charge in [-0.1, -0.05) is 6.92 Å². The van der Waals surface area contributed by atoms with Gasteiger partial charge in [0.25, 0.3) is 0 Å². The summed E-state index contributed by atoms with van der Waals surface area (Å²) in [6.45, 7) is 10.4. The minimum atomic E-state index is -0.0896. The van der Waals surface area contributed by atoms with Gasteiger partial charge in [-0.05, 0) is 46.1 Å². The van der Waals surface area contributed by atoms with Gasteiger partial charge in [0.15, 0.2) is 0 Å². The number of carbonyl (C=O) groups is 1. The predicted molar refractivity (Wildman–Crippen MR) is 80.7 cm³/mol. The van der Waals surface area contributed by atoms with Gasteiger partial charge in [-0.25, -0.2) is 4.68 Å². The van der Waals surface area contributed by atoms with Crippen LogP contribution in [-0.4, -0.2) is 39.7 Å². The van der Waals surface area contributed by atoms with E-state index in [0.29, 0.717) is 5.92 Å². The van der Waals surface area contributed by atoms with E-state index in [1.807, 2.05) is 17.7 Å². The molecule has 1 amide bonds. The molecule has 5 heteroatoms. The molecule has 1 fully saturated rings. The lowest BCUT2D eigenvalue weighted by Gasteiger charge is -2.34. The summed E-state index contributed by atoms with van der Waals surface area (Å²) in [4.78, 5) is 14.7. The van der Waals surface area contributed by atoms with Crippen LogP contribution in [0.15, 0.2) is 12.3 Å². The van der Waals surface area contributed by atoms with Crippen molar-refractivity contribution in [1.29, 1.82) is 0 Å². The zero-order valence-corrected chi connectivity index (χ0v) is 13.0. The Bertz CT molecular complexity index is 454. The van der Waals surface area contributed by atoms with Crippen LogP contribution in [0.4, 0.5) is 5.82 Å². The molecule has 1 aromatic heterocycles. The zero-order chi connectivity index (χ0) is 14.7. The molecule has 112 valence electrons. The molecule has 0 bridgehead atoms. The lowest BCUT2D eigenvalue weighted by atomic mass is 9.99. The molecule has 0 aromatic carbocycles. The third-order valence-corrected chi connectivity index (χ3v) is 4.03. The molecule has 1 aliphatic heterocycles. The molecule has 20 heavy (non-hydrogen) atoms. The highest BCUT2D eigenvalue weighted by atomic mass is 16.2. The van der Waals surface area contributed by atoms with Crippen LogP contribution in [0.1, 0.15) is 46.6 Å². The highest BCUT2D eigenvalue weighted by Gasteiger charge is 2.26. The first-order chi connectivity index (χ1) is 9.49. The number of nitrogens with zero attached hydrogens (tertiary/aromatic N) is 3. The van der Waals surface area contributed by atoms with Crippen molar-refractivity contribution in [3.8, 4) is 0 Å². The molecule has 0 radical (unpaired) electrons. The summed E-state index contributed by atoms with van der Waals surface area (Å²) in [6, 6.07) is 2.00. The van der Waals surface area contributed by atoms with Gasteiger partial charge in [-0.2, -0.15) is 5.10 Å². The number of rotatable bonds is 4. The second kappa shape index (κ2) is 6.39. The van der Waals surface area contributed by atoms with Crippen molar-refractivity contribution >= 4 is 11.7 Å². The maximum Gasteiger partial charge on any atom is 0.242 e. The first kappa shape index (κ1) is 15.0. The van der Waals surface area contributed by atoms with Gasteiger partial charge in [0, 0.05) is 18.7 Å². The number of hydrogen-bond donors (Lipinski definition) is 1. The second-order valence-corrected chi connectivity index (χ2v) is 6.16. The van der Waals surface area contributed by atoms with Crippen LogP contribution in [-0.2, 0) is 4.79 Å². The Morgan fingerprint density at radius 1 is 1.45 bits per heavy atom.